The van der Waals surface area contributed by atoms with Gasteiger partial charge in [0.2, 0.25) is 0 Å². The first-order valence-electron chi connectivity index (χ1n) is 10.3. The van der Waals surface area contributed by atoms with Crippen molar-refractivity contribution in [2.45, 2.75) is 48.4 Å². The van der Waals surface area contributed by atoms with Crippen molar-refractivity contribution in [1.29, 1.82) is 0 Å². The van der Waals surface area contributed by atoms with Crippen LogP contribution in [0.15, 0.2) is 40.1 Å². The molecule has 0 atom stereocenters. The van der Waals surface area contributed by atoms with Crippen LogP contribution in [0.2, 0.25) is 0 Å². The van der Waals surface area contributed by atoms with Gasteiger partial charge in [0, 0.05) is 41.0 Å². The van der Waals surface area contributed by atoms with Gasteiger partial charge in [-0.05, 0) is 61.2 Å². The number of piperidine rings is 1. The van der Waals surface area contributed by atoms with Gasteiger partial charge < -0.3 is 15.0 Å². The zero-order valence-corrected chi connectivity index (χ0v) is 17.8. The molecule has 6 heteroatoms. The lowest BCUT2D eigenvalue weighted by atomic mass is 9.99. The number of halogens is 1. The molecule has 154 valence electrons. The smallest absolute Gasteiger partial charge is 0.337 e. The minimum absolute atomic E-state index is 0.227. The summed E-state index contributed by atoms with van der Waals surface area (Å²) < 4.78 is 19.2. The maximum Gasteiger partial charge on any atom is 0.337 e. The molecule has 2 aliphatic rings. The predicted octanol–water partition coefficient (Wildman–Crippen LogP) is 4.95. The third-order valence-electron chi connectivity index (χ3n) is 5.74. The summed E-state index contributed by atoms with van der Waals surface area (Å²) in [5.41, 5.74) is 3.73. The van der Waals surface area contributed by atoms with Crippen LogP contribution in [0.5, 0.6) is 0 Å². The first-order chi connectivity index (χ1) is 14.1. The molecule has 0 unspecified atom stereocenters. The zero-order valence-electron chi connectivity index (χ0n) is 17.0. The van der Waals surface area contributed by atoms with Crippen LogP contribution < -0.4 is 5.32 Å². The van der Waals surface area contributed by atoms with Crippen molar-refractivity contribution in [3.63, 3.8) is 0 Å². The van der Waals surface area contributed by atoms with Gasteiger partial charge in [-0.15, -0.1) is 0 Å². The van der Waals surface area contributed by atoms with Crippen LogP contribution in [0, 0.1) is 5.82 Å². The number of nitrogens with zero attached hydrogens (tertiary/aromatic N) is 1. The number of methoxy groups -OCH3 is 1. The monoisotopic (exact) mass is 414 g/mol. The molecule has 1 saturated heterocycles. The number of likely N-dealkylation sites (tertiary alicyclic amines) is 1. The molecule has 2 aliphatic heterocycles. The Morgan fingerprint density at radius 2 is 2.03 bits per heavy atom. The molecule has 29 heavy (non-hydrogen) atoms. The Balaban J connectivity index is 1.54. The minimum Gasteiger partial charge on any atom is -0.465 e. The van der Waals surface area contributed by atoms with E-state index in [9.17, 15) is 9.18 Å². The molecule has 0 radical (unpaired) electrons. The Morgan fingerprint density at radius 1 is 1.24 bits per heavy atom. The van der Waals surface area contributed by atoms with Crippen LogP contribution in [0.3, 0.4) is 0 Å². The van der Waals surface area contributed by atoms with Gasteiger partial charge in [0.1, 0.15) is 5.82 Å². The molecule has 0 spiro atoms. The molecule has 0 amide bonds. The van der Waals surface area contributed by atoms with E-state index in [-0.39, 0.29) is 11.8 Å². The predicted molar refractivity (Wildman–Crippen MR) is 114 cm³/mol. The highest BCUT2D eigenvalue weighted by Gasteiger charge is 2.24. The number of anilines is 1. The summed E-state index contributed by atoms with van der Waals surface area (Å²) in [6.45, 7) is 5.56. The van der Waals surface area contributed by atoms with Crippen molar-refractivity contribution in [3.05, 3.63) is 52.8 Å². The van der Waals surface area contributed by atoms with E-state index in [1.165, 1.54) is 25.3 Å². The average Bonchev–Trinajstić information content (AvgIpc) is 2.73. The molecule has 1 N–H and O–H groups in total. The Labute approximate surface area is 175 Å². The summed E-state index contributed by atoms with van der Waals surface area (Å²) in [6.07, 6.45) is 4.08. The van der Waals surface area contributed by atoms with Crippen LogP contribution >= 0.6 is 11.8 Å². The number of fused-ring (bicyclic) bond motifs is 2. The molecule has 4 nitrogen and oxygen atoms in total. The topological polar surface area (TPSA) is 41.6 Å². The number of ether oxygens (including phenoxy) is 1. The maximum absolute atomic E-state index is 14.4. The first kappa shape index (κ1) is 20.2. The van der Waals surface area contributed by atoms with E-state index in [2.05, 4.69) is 17.1 Å². The fourth-order valence-corrected chi connectivity index (χ4v) is 5.37. The van der Waals surface area contributed by atoms with E-state index < -0.39 is 0 Å². The molecule has 1 fully saturated rings. The van der Waals surface area contributed by atoms with E-state index in [0.717, 1.165) is 65.5 Å². The fraction of sp³-hybridized carbons (Fsp3) is 0.435. The number of rotatable bonds is 5. The van der Waals surface area contributed by atoms with Crippen molar-refractivity contribution in [2.24, 2.45) is 0 Å². The van der Waals surface area contributed by atoms with Crippen molar-refractivity contribution in [1.82, 2.24) is 4.90 Å². The van der Waals surface area contributed by atoms with Gasteiger partial charge >= 0.3 is 5.97 Å². The summed E-state index contributed by atoms with van der Waals surface area (Å²) >= 11 is 1.53. The summed E-state index contributed by atoms with van der Waals surface area (Å²) in [6, 6.07) is 9.23. The van der Waals surface area contributed by atoms with Crippen LogP contribution in [-0.2, 0) is 11.2 Å². The van der Waals surface area contributed by atoms with Crippen LogP contribution in [0.1, 0.15) is 47.7 Å². The van der Waals surface area contributed by atoms with Crippen LogP contribution in [0.4, 0.5) is 10.1 Å². The number of carbonyl (C=O) groups excluding carboxylic acids is 1. The SMILES string of the molecule is CCCN1CCC(Nc2cc(F)cc3c2Cc2ccc(C(=O)OC)cc2S3)CC1. The van der Waals surface area contributed by atoms with Gasteiger partial charge in [-0.2, -0.15) is 0 Å². The largest absolute Gasteiger partial charge is 0.465 e. The highest BCUT2D eigenvalue weighted by Crippen LogP contribution is 2.43. The molecule has 2 heterocycles. The maximum atomic E-state index is 14.4. The van der Waals surface area contributed by atoms with E-state index in [4.69, 9.17) is 4.74 Å². The number of nitrogens with one attached hydrogen (secondary N) is 1. The molecule has 0 aliphatic carbocycles. The van der Waals surface area contributed by atoms with Crippen LogP contribution in [0.25, 0.3) is 0 Å². The summed E-state index contributed by atoms with van der Waals surface area (Å²) in [4.78, 5) is 16.3. The van der Waals surface area contributed by atoms with Gasteiger partial charge in [0.15, 0.2) is 0 Å². The molecular formula is C23H27FN2O2S. The molecule has 0 bridgehead atoms. The fourth-order valence-electron chi connectivity index (χ4n) is 4.20. The second-order valence-electron chi connectivity index (χ2n) is 7.78. The van der Waals surface area contributed by atoms with Gasteiger partial charge in [-0.3, -0.25) is 0 Å². The third-order valence-corrected chi connectivity index (χ3v) is 6.92. The second kappa shape index (κ2) is 8.76. The molecule has 2 aromatic carbocycles. The molecule has 4 rings (SSSR count). The Hall–Kier alpha value is -2.05. The van der Waals surface area contributed by atoms with Crippen LogP contribution in [-0.4, -0.2) is 43.7 Å². The van der Waals surface area contributed by atoms with Gasteiger partial charge in [0.25, 0.3) is 0 Å². The Bertz CT molecular complexity index is 910. The molecule has 0 saturated carbocycles. The van der Waals surface area contributed by atoms with E-state index in [1.807, 2.05) is 12.1 Å². The summed E-state index contributed by atoms with van der Waals surface area (Å²) in [7, 11) is 1.38. The normalized spacial score (nSPS) is 16.8. The third kappa shape index (κ3) is 4.43. The highest BCUT2D eigenvalue weighted by atomic mass is 32.2. The number of hydrogen-bond donors (Lipinski definition) is 1. The first-order valence-corrected chi connectivity index (χ1v) is 11.1. The van der Waals surface area contributed by atoms with Crippen molar-refractivity contribution < 1.29 is 13.9 Å². The van der Waals surface area contributed by atoms with Gasteiger partial charge in [-0.1, -0.05) is 24.8 Å². The molecular weight excluding hydrogens is 387 g/mol. The lowest BCUT2D eigenvalue weighted by Gasteiger charge is -2.33. The molecule has 2 aromatic rings. The number of hydrogen-bond acceptors (Lipinski definition) is 5. The van der Waals surface area contributed by atoms with Gasteiger partial charge in [0.05, 0.1) is 12.7 Å². The quantitative estimate of drug-likeness (QED) is 0.598. The van der Waals surface area contributed by atoms with Crippen molar-refractivity contribution in [3.8, 4) is 0 Å². The lowest BCUT2D eigenvalue weighted by molar-refractivity contribution is 0.0600. The number of carbonyl (C=O) groups is 1. The standard InChI is InChI=1S/C23H27FN2O2S/c1-3-8-26-9-6-18(7-10-26)25-20-13-17(24)14-22-19(20)11-15-4-5-16(23(27)28-2)12-21(15)29-22/h4-5,12-14,18,25H,3,6-11H2,1-2H3. The Morgan fingerprint density at radius 3 is 2.76 bits per heavy atom. The summed E-state index contributed by atoms with van der Waals surface area (Å²) in [5.74, 6) is -0.579. The average molecular weight is 415 g/mol. The van der Waals surface area contributed by atoms with E-state index in [1.54, 1.807) is 18.2 Å². The number of esters is 1. The number of benzene rings is 2. The Kier molecular flexibility index (Phi) is 6.11. The summed E-state index contributed by atoms with van der Waals surface area (Å²) in [5, 5.41) is 3.63. The minimum atomic E-state index is -0.352. The molecule has 0 aromatic heterocycles. The highest BCUT2D eigenvalue weighted by molar-refractivity contribution is 7.99. The zero-order chi connectivity index (χ0) is 20.4. The lowest BCUT2D eigenvalue weighted by Crippen LogP contribution is -2.39. The van der Waals surface area contributed by atoms with Crippen molar-refractivity contribution >= 4 is 23.4 Å². The van der Waals surface area contributed by atoms with E-state index in [0.29, 0.717) is 11.6 Å². The van der Waals surface area contributed by atoms with Crippen molar-refractivity contribution in [2.75, 3.05) is 32.1 Å². The van der Waals surface area contributed by atoms with Gasteiger partial charge in [-0.25, -0.2) is 9.18 Å². The van der Waals surface area contributed by atoms with E-state index >= 15 is 0 Å². The second-order valence-corrected chi connectivity index (χ2v) is 8.87.